The van der Waals surface area contributed by atoms with Crippen molar-refractivity contribution >= 4 is 17.2 Å². The van der Waals surface area contributed by atoms with Gasteiger partial charge in [0.25, 0.3) is 0 Å². The molecule has 0 amide bonds. The van der Waals surface area contributed by atoms with Gasteiger partial charge in [-0.05, 0) is 24.6 Å². The van der Waals surface area contributed by atoms with Crippen LogP contribution in [-0.4, -0.2) is 29.9 Å². The van der Waals surface area contributed by atoms with Crippen LogP contribution in [0, 0.1) is 0 Å². The Bertz CT molecular complexity index is 527. The number of nitrogens with two attached hydrogens (primary N) is 1. The molecule has 1 unspecified atom stereocenters. The van der Waals surface area contributed by atoms with E-state index in [-0.39, 0.29) is 6.10 Å². The highest BCUT2D eigenvalue weighted by Crippen LogP contribution is 2.35. The van der Waals surface area contributed by atoms with Gasteiger partial charge in [-0.2, -0.15) is 0 Å². The third-order valence-electron chi connectivity index (χ3n) is 3.17. The predicted molar refractivity (Wildman–Crippen MR) is 84.6 cm³/mol. The van der Waals surface area contributed by atoms with Crippen LogP contribution in [0.4, 0.5) is 11.4 Å². The van der Waals surface area contributed by atoms with Crippen LogP contribution < -0.4 is 10.5 Å². The van der Waals surface area contributed by atoms with Crippen LogP contribution >= 0.6 is 0 Å². The number of amidine groups is 1. The first kappa shape index (κ1) is 14.2. The number of ether oxygens (including phenoxy) is 1. The minimum Gasteiger partial charge on any atom is -0.480 e. The van der Waals surface area contributed by atoms with Crippen molar-refractivity contribution in [2.24, 2.45) is 4.99 Å². The van der Waals surface area contributed by atoms with Gasteiger partial charge in [0.1, 0.15) is 17.3 Å². The number of nitrogen functional groups attached to an aromatic ring is 1. The molecule has 1 aromatic carbocycles. The van der Waals surface area contributed by atoms with Gasteiger partial charge in [-0.1, -0.05) is 19.1 Å². The van der Waals surface area contributed by atoms with E-state index in [0.29, 0.717) is 18.8 Å². The molecule has 1 aromatic rings. The fourth-order valence-corrected chi connectivity index (χ4v) is 2.24. The fraction of sp³-hybridized carbons (Fsp3) is 0.312. The number of benzene rings is 1. The SMILES string of the molecule is C=CCN(CC=C)C1=Nc2cc(N)ccc2OC1CC. The first-order valence-corrected chi connectivity index (χ1v) is 6.81. The molecule has 1 aliphatic rings. The van der Waals surface area contributed by atoms with Gasteiger partial charge < -0.3 is 15.4 Å². The van der Waals surface area contributed by atoms with Gasteiger partial charge in [-0.3, -0.25) is 0 Å². The summed E-state index contributed by atoms with van der Waals surface area (Å²) in [5, 5.41) is 0. The molecule has 1 atom stereocenters. The van der Waals surface area contributed by atoms with Crippen molar-refractivity contribution in [3.63, 3.8) is 0 Å². The molecule has 1 aliphatic heterocycles. The normalized spacial score (nSPS) is 16.6. The van der Waals surface area contributed by atoms with Crippen molar-refractivity contribution in [3.05, 3.63) is 43.5 Å². The second-order valence-electron chi connectivity index (χ2n) is 4.69. The molecule has 106 valence electrons. The Hall–Kier alpha value is -2.23. The molecule has 0 saturated carbocycles. The van der Waals surface area contributed by atoms with Crippen molar-refractivity contribution in [2.75, 3.05) is 18.8 Å². The Kier molecular flexibility index (Phi) is 4.45. The molecule has 0 aromatic heterocycles. The first-order valence-electron chi connectivity index (χ1n) is 6.81. The predicted octanol–water partition coefficient (Wildman–Crippen LogP) is 3.14. The van der Waals surface area contributed by atoms with Gasteiger partial charge in [-0.15, -0.1) is 13.2 Å². The van der Waals surface area contributed by atoms with E-state index >= 15 is 0 Å². The molecule has 4 nitrogen and oxygen atoms in total. The molecule has 0 spiro atoms. The van der Waals surface area contributed by atoms with Crippen LogP contribution in [0.25, 0.3) is 0 Å². The number of nitrogens with zero attached hydrogens (tertiary/aromatic N) is 2. The van der Waals surface area contributed by atoms with Gasteiger partial charge >= 0.3 is 0 Å². The minimum absolute atomic E-state index is 0.0500. The van der Waals surface area contributed by atoms with E-state index in [2.05, 4.69) is 25.0 Å². The Labute approximate surface area is 120 Å². The third kappa shape index (κ3) is 2.85. The second-order valence-corrected chi connectivity index (χ2v) is 4.69. The van der Waals surface area contributed by atoms with E-state index in [0.717, 1.165) is 23.7 Å². The van der Waals surface area contributed by atoms with Gasteiger partial charge in [0.2, 0.25) is 0 Å². The summed E-state index contributed by atoms with van der Waals surface area (Å²) < 4.78 is 6.03. The molecule has 0 saturated heterocycles. The van der Waals surface area contributed by atoms with Crippen molar-refractivity contribution in [1.29, 1.82) is 0 Å². The smallest absolute Gasteiger partial charge is 0.156 e. The lowest BCUT2D eigenvalue weighted by Gasteiger charge is -2.32. The lowest BCUT2D eigenvalue weighted by atomic mass is 10.1. The Morgan fingerprint density at radius 1 is 1.35 bits per heavy atom. The van der Waals surface area contributed by atoms with Crippen molar-refractivity contribution < 1.29 is 4.74 Å². The van der Waals surface area contributed by atoms with Crippen LogP contribution in [0.2, 0.25) is 0 Å². The maximum atomic E-state index is 6.03. The number of anilines is 1. The number of hydrogen-bond acceptors (Lipinski definition) is 4. The third-order valence-corrected chi connectivity index (χ3v) is 3.17. The highest BCUT2D eigenvalue weighted by molar-refractivity contribution is 5.92. The molecule has 0 radical (unpaired) electrons. The summed E-state index contributed by atoms with van der Waals surface area (Å²) in [6, 6.07) is 5.54. The molecular weight excluding hydrogens is 250 g/mol. The van der Waals surface area contributed by atoms with Crippen molar-refractivity contribution in [2.45, 2.75) is 19.4 Å². The molecule has 0 fully saturated rings. The molecule has 20 heavy (non-hydrogen) atoms. The largest absolute Gasteiger partial charge is 0.480 e. The molecule has 2 N–H and O–H groups in total. The summed E-state index contributed by atoms with van der Waals surface area (Å²) in [6.45, 7) is 11.1. The number of fused-ring (bicyclic) bond motifs is 1. The number of hydrogen-bond donors (Lipinski definition) is 1. The minimum atomic E-state index is -0.0500. The van der Waals surface area contributed by atoms with Crippen molar-refractivity contribution in [1.82, 2.24) is 4.90 Å². The van der Waals surface area contributed by atoms with Crippen LogP contribution in [0.5, 0.6) is 5.75 Å². The molecule has 1 heterocycles. The monoisotopic (exact) mass is 271 g/mol. The zero-order chi connectivity index (χ0) is 14.5. The zero-order valence-corrected chi connectivity index (χ0v) is 11.9. The van der Waals surface area contributed by atoms with Crippen molar-refractivity contribution in [3.8, 4) is 5.75 Å². The fourth-order valence-electron chi connectivity index (χ4n) is 2.24. The Morgan fingerprint density at radius 3 is 2.65 bits per heavy atom. The molecule has 0 bridgehead atoms. The maximum Gasteiger partial charge on any atom is 0.156 e. The first-order chi connectivity index (χ1) is 9.69. The average molecular weight is 271 g/mol. The second kappa shape index (κ2) is 6.28. The van der Waals surface area contributed by atoms with Crippen LogP contribution in [0.15, 0.2) is 48.5 Å². The van der Waals surface area contributed by atoms with Gasteiger partial charge in [0.15, 0.2) is 6.10 Å². The van der Waals surface area contributed by atoms with Crippen LogP contribution in [0.3, 0.4) is 0 Å². The molecule has 0 aliphatic carbocycles. The summed E-state index contributed by atoms with van der Waals surface area (Å²) in [5.74, 6) is 1.69. The highest BCUT2D eigenvalue weighted by atomic mass is 16.5. The lowest BCUT2D eigenvalue weighted by Crippen LogP contribution is -2.43. The van der Waals surface area contributed by atoms with E-state index < -0.39 is 0 Å². The Morgan fingerprint density at radius 2 is 2.05 bits per heavy atom. The molecule has 4 heteroatoms. The summed E-state index contributed by atoms with van der Waals surface area (Å²) in [5.41, 5.74) is 7.28. The van der Waals surface area contributed by atoms with E-state index in [1.165, 1.54) is 0 Å². The van der Waals surface area contributed by atoms with Gasteiger partial charge in [0, 0.05) is 18.8 Å². The quantitative estimate of drug-likeness (QED) is 0.661. The lowest BCUT2D eigenvalue weighted by molar-refractivity contribution is 0.238. The van der Waals surface area contributed by atoms with Crippen LogP contribution in [-0.2, 0) is 0 Å². The molecular formula is C16H21N3O. The van der Waals surface area contributed by atoms with Gasteiger partial charge in [0.05, 0.1) is 0 Å². The summed E-state index contributed by atoms with van der Waals surface area (Å²) in [6.07, 6.45) is 4.51. The highest BCUT2D eigenvalue weighted by Gasteiger charge is 2.26. The summed E-state index contributed by atoms with van der Waals surface area (Å²) in [4.78, 5) is 6.85. The summed E-state index contributed by atoms with van der Waals surface area (Å²) >= 11 is 0. The number of rotatable bonds is 5. The van der Waals surface area contributed by atoms with Gasteiger partial charge in [-0.25, -0.2) is 4.99 Å². The summed E-state index contributed by atoms with van der Waals surface area (Å²) in [7, 11) is 0. The van der Waals surface area contributed by atoms with Crippen LogP contribution in [0.1, 0.15) is 13.3 Å². The standard InChI is InChI=1S/C16H21N3O/c1-4-9-19(10-5-2)16-14(6-3)20-15-8-7-12(17)11-13(15)18-16/h4-5,7-8,11,14H,1-2,6,9-10,17H2,3H3. The zero-order valence-electron chi connectivity index (χ0n) is 11.9. The van der Waals surface area contributed by atoms with E-state index in [1.807, 2.05) is 30.4 Å². The van der Waals surface area contributed by atoms with E-state index in [1.54, 1.807) is 0 Å². The molecule has 2 rings (SSSR count). The van der Waals surface area contributed by atoms with E-state index in [4.69, 9.17) is 15.5 Å². The topological polar surface area (TPSA) is 50.8 Å². The Balaban J connectivity index is 2.41. The maximum absolute atomic E-state index is 6.03. The van der Waals surface area contributed by atoms with E-state index in [9.17, 15) is 0 Å². The number of aliphatic imine (C=N–C) groups is 1. The average Bonchev–Trinajstić information content (AvgIpc) is 2.45.